The predicted molar refractivity (Wildman–Crippen MR) is 82.9 cm³/mol. The Morgan fingerprint density at radius 3 is 1.96 bits per heavy atom. The quantitative estimate of drug-likeness (QED) is 0.504. The highest BCUT2D eigenvalue weighted by atomic mass is 32.2. The van der Waals surface area contributed by atoms with Gasteiger partial charge in [-0.15, -0.1) is 4.83 Å². The van der Waals surface area contributed by atoms with Gasteiger partial charge in [0.05, 0.1) is 4.90 Å². The summed E-state index contributed by atoms with van der Waals surface area (Å²) in [6, 6.07) is 3.53. The number of carbonyl (C=O) groups is 1. The van der Waals surface area contributed by atoms with E-state index in [1.807, 2.05) is 0 Å². The number of hydrogen-bond donors (Lipinski definition) is 3. The second kappa shape index (κ2) is 7.35. The lowest BCUT2D eigenvalue weighted by atomic mass is 9.88. The van der Waals surface area contributed by atoms with Gasteiger partial charge in [-0.1, -0.05) is 24.6 Å². The van der Waals surface area contributed by atoms with E-state index in [1.54, 1.807) is 11.8 Å². The van der Waals surface area contributed by atoms with Gasteiger partial charge in [0.2, 0.25) is 5.54 Å². The minimum Gasteiger partial charge on any atom is -0.318 e. The lowest BCUT2D eigenvalue weighted by Crippen LogP contribution is -2.69. The van der Waals surface area contributed by atoms with Gasteiger partial charge in [-0.3, -0.25) is 5.43 Å². The number of halogens is 5. The van der Waals surface area contributed by atoms with Crippen LogP contribution in [0.1, 0.15) is 25.8 Å². The van der Waals surface area contributed by atoms with Crippen molar-refractivity contribution in [3.63, 3.8) is 0 Å². The zero-order valence-corrected chi connectivity index (χ0v) is 14.9. The number of alkyl halides is 5. The number of hydrazine groups is 1. The number of carbonyl (C=O) groups excluding carboxylic acids is 1. The van der Waals surface area contributed by atoms with Crippen LogP contribution < -0.4 is 15.6 Å². The number of rotatable bonds is 6. The fourth-order valence-electron chi connectivity index (χ4n) is 2.14. The van der Waals surface area contributed by atoms with Gasteiger partial charge in [0, 0.05) is 6.92 Å². The Labute approximate surface area is 147 Å². The molecule has 0 aromatic heterocycles. The van der Waals surface area contributed by atoms with Crippen LogP contribution in [0.25, 0.3) is 0 Å². The number of benzene rings is 1. The summed E-state index contributed by atoms with van der Waals surface area (Å²) in [4.78, 5) is 12.9. The summed E-state index contributed by atoms with van der Waals surface area (Å²) in [6.07, 6.45) is -6.65. The van der Waals surface area contributed by atoms with E-state index in [2.05, 4.69) is 0 Å². The molecule has 1 atom stereocenters. The van der Waals surface area contributed by atoms with Gasteiger partial charge in [0.25, 0.3) is 15.9 Å². The summed E-state index contributed by atoms with van der Waals surface area (Å²) >= 11 is 0. The Morgan fingerprint density at radius 1 is 1.08 bits per heavy atom. The van der Waals surface area contributed by atoms with Crippen LogP contribution in [0, 0.1) is 6.92 Å². The second-order valence-electron chi connectivity index (χ2n) is 5.64. The smallest absolute Gasteiger partial charge is 0.318 e. The molecule has 0 saturated heterocycles. The van der Waals surface area contributed by atoms with Crippen molar-refractivity contribution in [1.82, 2.24) is 15.6 Å². The van der Waals surface area contributed by atoms with Crippen LogP contribution in [0.15, 0.2) is 29.2 Å². The van der Waals surface area contributed by atoms with Crippen molar-refractivity contribution in [3.8, 4) is 0 Å². The van der Waals surface area contributed by atoms with Crippen molar-refractivity contribution in [2.75, 3.05) is 0 Å². The molecule has 0 aliphatic rings. The zero-order chi connectivity index (χ0) is 20.4. The highest BCUT2D eigenvalue weighted by Crippen LogP contribution is 2.44. The summed E-state index contributed by atoms with van der Waals surface area (Å²) in [6.45, 7) is 2.53. The largest absolute Gasteiger partial charge is 0.417 e. The topological polar surface area (TPSA) is 87.3 Å². The molecule has 2 amide bonds. The molecule has 0 bridgehead atoms. The van der Waals surface area contributed by atoms with E-state index in [4.69, 9.17) is 0 Å². The maximum absolute atomic E-state index is 13.6. The third-order valence-corrected chi connectivity index (χ3v) is 4.98. The first kappa shape index (κ1) is 22.1. The molecule has 1 unspecified atom stereocenters. The maximum Gasteiger partial charge on any atom is 0.417 e. The Morgan fingerprint density at radius 2 is 1.58 bits per heavy atom. The number of aryl methyl sites for hydroxylation is 1. The maximum atomic E-state index is 13.6. The lowest BCUT2D eigenvalue weighted by Gasteiger charge is -2.39. The van der Waals surface area contributed by atoms with E-state index in [0.717, 1.165) is 17.8 Å². The monoisotopic (exact) mass is 403 g/mol. The molecule has 1 rings (SSSR count). The minimum absolute atomic E-state index is 0.0146. The first-order valence-corrected chi connectivity index (χ1v) is 8.76. The number of hydrogen-bond acceptors (Lipinski definition) is 3. The Bertz CT molecular complexity index is 729. The van der Waals surface area contributed by atoms with Crippen LogP contribution in [0.2, 0.25) is 0 Å². The zero-order valence-electron chi connectivity index (χ0n) is 14.0. The molecule has 1 aromatic rings. The molecule has 3 N–H and O–H groups in total. The molecule has 0 spiro atoms. The van der Waals surface area contributed by atoms with Gasteiger partial charge in [0.1, 0.15) is 0 Å². The predicted octanol–water partition coefficient (Wildman–Crippen LogP) is 2.85. The van der Waals surface area contributed by atoms with Crippen molar-refractivity contribution in [3.05, 3.63) is 29.8 Å². The Balaban J connectivity index is 2.95. The van der Waals surface area contributed by atoms with Gasteiger partial charge < -0.3 is 5.32 Å². The van der Waals surface area contributed by atoms with E-state index in [-0.39, 0.29) is 11.8 Å². The number of nitrogens with one attached hydrogen (secondary N) is 3. The number of amides is 2. The molecule has 148 valence electrons. The average Bonchev–Trinajstić information content (AvgIpc) is 2.48. The van der Waals surface area contributed by atoms with E-state index in [0.29, 0.717) is 0 Å². The molecule has 12 heteroatoms. The molecule has 1 aromatic carbocycles. The summed E-state index contributed by atoms with van der Waals surface area (Å²) in [5, 5.41) is 1.14. The summed E-state index contributed by atoms with van der Waals surface area (Å²) in [5.74, 6) is -4.35. The summed E-state index contributed by atoms with van der Waals surface area (Å²) in [5.41, 5.74) is -1.67. The number of sulfonamides is 1. The van der Waals surface area contributed by atoms with Crippen LogP contribution in [0.5, 0.6) is 0 Å². The first-order valence-electron chi connectivity index (χ1n) is 7.27. The minimum atomic E-state index is -5.48. The van der Waals surface area contributed by atoms with Crippen molar-refractivity contribution in [1.29, 1.82) is 0 Å². The van der Waals surface area contributed by atoms with Crippen LogP contribution in [-0.4, -0.2) is 32.1 Å². The van der Waals surface area contributed by atoms with Gasteiger partial charge in [-0.2, -0.15) is 13.2 Å². The second-order valence-corrected chi connectivity index (χ2v) is 7.33. The van der Waals surface area contributed by atoms with Crippen LogP contribution >= 0.6 is 0 Å². The highest BCUT2D eigenvalue weighted by molar-refractivity contribution is 7.89. The highest BCUT2D eigenvalue weighted by Gasteiger charge is 2.67. The van der Waals surface area contributed by atoms with E-state index in [9.17, 15) is 35.2 Å². The molecule has 0 aliphatic carbocycles. The van der Waals surface area contributed by atoms with Crippen LogP contribution in [0.3, 0.4) is 0 Å². The standard InChI is InChI=1S/C14H18F5N3O3S/c1-4-13(12(3,15)16,14(17,18)19)20-11(23)21-22-26(24,25)10-7-5-9(2)6-8-10/h5-8,22H,4H2,1-3H3,(H2,20,21,23). The van der Waals surface area contributed by atoms with Crippen LogP contribution in [-0.2, 0) is 10.0 Å². The third kappa shape index (κ3) is 4.61. The summed E-state index contributed by atoms with van der Waals surface area (Å²) in [7, 11) is -4.30. The average molecular weight is 403 g/mol. The van der Waals surface area contributed by atoms with Crippen molar-refractivity contribution in [2.45, 2.75) is 49.7 Å². The van der Waals surface area contributed by atoms with E-state index < -0.39 is 40.1 Å². The normalized spacial score (nSPS) is 15.2. The van der Waals surface area contributed by atoms with Crippen molar-refractivity contribution >= 4 is 16.1 Å². The summed E-state index contributed by atoms with van der Waals surface area (Å²) < 4.78 is 90.5. The molecule has 0 saturated carbocycles. The molecular weight excluding hydrogens is 385 g/mol. The van der Waals surface area contributed by atoms with Gasteiger partial charge in [0.15, 0.2) is 0 Å². The molecule has 26 heavy (non-hydrogen) atoms. The van der Waals surface area contributed by atoms with Gasteiger partial charge >= 0.3 is 12.2 Å². The lowest BCUT2D eigenvalue weighted by molar-refractivity contribution is -0.257. The molecule has 0 fully saturated rings. The van der Waals surface area contributed by atoms with Crippen molar-refractivity contribution < 1.29 is 35.2 Å². The molecule has 0 aliphatic heterocycles. The fourth-order valence-corrected chi connectivity index (χ4v) is 2.98. The van der Waals surface area contributed by atoms with E-state index in [1.165, 1.54) is 29.7 Å². The molecule has 0 radical (unpaired) electrons. The van der Waals surface area contributed by atoms with Gasteiger partial charge in [-0.25, -0.2) is 22.0 Å². The molecule has 6 nitrogen and oxygen atoms in total. The van der Waals surface area contributed by atoms with Crippen LogP contribution in [0.4, 0.5) is 26.7 Å². The Hall–Kier alpha value is -1.95. The number of urea groups is 1. The van der Waals surface area contributed by atoms with Crippen molar-refractivity contribution in [2.24, 2.45) is 0 Å². The molecule has 0 heterocycles. The van der Waals surface area contributed by atoms with Gasteiger partial charge in [-0.05, 0) is 25.5 Å². The third-order valence-electron chi connectivity index (χ3n) is 3.72. The SMILES string of the molecule is CCC(NC(=O)NNS(=O)(=O)c1ccc(C)cc1)(C(C)(F)F)C(F)(F)F. The Kier molecular flexibility index (Phi) is 6.24. The first-order chi connectivity index (χ1) is 11.7. The fraction of sp³-hybridized carbons (Fsp3) is 0.500. The van der Waals surface area contributed by atoms with E-state index >= 15 is 0 Å². The molecular formula is C14H18F5N3O3S.